The Morgan fingerprint density at radius 3 is 2.50 bits per heavy atom. The highest BCUT2D eigenvalue weighted by Crippen LogP contribution is 2.26. The van der Waals surface area contributed by atoms with Crippen LogP contribution >= 0.6 is 0 Å². The van der Waals surface area contributed by atoms with E-state index in [4.69, 9.17) is 10.8 Å². The van der Waals surface area contributed by atoms with E-state index < -0.39 is 23.0 Å². The number of nitro groups is 1. The molecule has 7 heteroatoms. The zero-order valence-electron chi connectivity index (χ0n) is 8.11. The number of nitrogens with zero attached hydrogens (tertiary/aromatic N) is 1. The van der Waals surface area contributed by atoms with Crippen molar-refractivity contribution in [3.05, 3.63) is 39.9 Å². The third-order valence-electron chi connectivity index (χ3n) is 2.08. The monoisotopic (exact) mass is 226 g/mol. The van der Waals surface area contributed by atoms with Gasteiger partial charge < -0.3 is 15.9 Å². The van der Waals surface area contributed by atoms with Crippen molar-refractivity contribution in [2.75, 3.05) is 0 Å². The molecule has 0 fully saturated rings. The van der Waals surface area contributed by atoms with Crippen LogP contribution in [0.3, 0.4) is 0 Å². The van der Waals surface area contributed by atoms with Crippen LogP contribution in [0.1, 0.15) is 11.7 Å². The normalized spacial score (nSPS) is 14.1. The zero-order valence-corrected chi connectivity index (χ0v) is 8.11. The number of aliphatic hydroxyl groups excluding tert-OH is 1. The van der Waals surface area contributed by atoms with Gasteiger partial charge in [-0.3, -0.25) is 14.9 Å². The van der Waals surface area contributed by atoms with Gasteiger partial charge in [-0.15, -0.1) is 0 Å². The van der Waals surface area contributed by atoms with Gasteiger partial charge in [0.2, 0.25) is 0 Å². The van der Waals surface area contributed by atoms with Crippen molar-refractivity contribution in [1.29, 1.82) is 0 Å². The Kier molecular flexibility index (Phi) is 3.54. The van der Waals surface area contributed by atoms with E-state index in [9.17, 15) is 20.0 Å². The number of carboxylic acids is 1. The van der Waals surface area contributed by atoms with E-state index in [0.29, 0.717) is 0 Å². The predicted octanol–water partition coefficient (Wildman–Crippen LogP) is 0.0401. The topological polar surface area (TPSA) is 127 Å². The molecule has 0 amide bonds. The largest absolute Gasteiger partial charge is 0.480 e. The van der Waals surface area contributed by atoms with E-state index in [-0.39, 0.29) is 11.3 Å². The van der Waals surface area contributed by atoms with Gasteiger partial charge in [-0.05, 0) is 6.07 Å². The second-order valence-corrected chi connectivity index (χ2v) is 3.12. The number of carboxylic acid groups (broad SMARTS) is 1. The number of benzene rings is 1. The van der Waals surface area contributed by atoms with Crippen LogP contribution in [-0.2, 0) is 4.79 Å². The zero-order chi connectivity index (χ0) is 12.3. The summed E-state index contributed by atoms with van der Waals surface area (Å²) in [4.78, 5) is 20.5. The van der Waals surface area contributed by atoms with Gasteiger partial charge in [0.05, 0.1) is 10.5 Å². The number of aliphatic hydroxyl groups is 1. The molecule has 16 heavy (non-hydrogen) atoms. The minimum atomic E-state index is -1.61. The van der Waals surface area contributed by atoms with Gasteiger partial charge in [0, 0.05) is 6.07 Å². The first-order valence-electron chi connectivity index (χ1n) is 4.35. The number of aliphatic carboxylic acids is 1. The van der Waals surface area contributed by atoms with Crippen molar-refractivity contribution in [2.24, 2.45) is 5.73 Å². The van der Waals surface area contributed by atoms with Gasteiger partial charge in [-0.25, -0.2) is 0 Å². The van der Waals surface area contributed by atoms with E-state index in [2.05, 4.69) is 0 Å². The Hall–Kier alpha value is -1.99. The van der Waals surface area contributed by atoms with Gasteiger partial charge in [-0.2, -0.15) is 0 Å². The summed E-state index contributed by atoms with van der Waals surface area (Å²) in [7, 11) is 0. The number of hydrogen-bond donors (Lipinski definition) is 3. The Labute approximate surface area is 90.3 Å². The lowest BCUT2D eigenvalue weighted by Crippen LogP contribution is -2.36. The molecule has 0 aliphatic carbocycles. The van der Waals surface area contributed by atoms with Gasteiger partial charge in [0.25, 0.3) is 5.69 Å². The molecule has 0 aliphatic rings. The first-order chi connectivity index (χ1) is 7.45. The summed E-state index contributed by atoms with van der Waals surface area (Å²) in [6.45, 7) is 0. The minimum Gasteiger partial charge on any atom is -0.480 e. The first-order valence-corrected chi connectivity index (χ1v) is 4.35. The van der Waals surface area contributed by atoms with Gasteiger partial charge in [0.1, 0.15) is 12.1 Å². The summed E-state index contributed by atoms with van der Waals surface area (Å²) in [5.41, 5.74) is 4.73. The lowest BCUT2D eigenvalue weighted by molar-refractivity contribution is -0.386. The molecule has 1 aromatic rings. The Morgan fingerprint density at radius 2 is 2.00 bits per heavy atom. The molecule has 0 aliphatic heterocycles. The van der Waals surface area contributed by atoms with E-state index in [1.54, 1.807) is 0 Å². The van der Waals surface area contributed by atoms with Crippen molar-refractivity contribution in [3.8, 4) is 0 Å². The molecular formula is C9H10N2O5. The van der Waals surface area contributed by atoms with Crippen molar-refractivity contribution in [1.82, 2.24) is 0 Å². The number of rotatable bonds is 4. The molecule has 0 aromatic heterocycles. The number of para-hydroxylation sites is 1. The molecule has 1 rings (SSSR count). The molecule has 0 radical (unpaired) electrons. The molecule has 0 saturated heterocycles. The molecule has 0 saturated carbocycles. The Morgan fingerprint density at radius 1 is 1.44 bits per heavy atom. The highest BCUT2D eigenvalue weighted by molar-refractivity contribution is 5.74. The molecule has 0 bridgehead atoms. The fourth-order valence-electron chi connectivity index (χ4n) is 1.23. The second-order valence-electron chi connectivity index (χ2n) is 3.12. The summed E-state index contributed by atoms with van der Waals surface area (Å²) in [6, 6.07) is 3.72. The van der Waals surface area contributed by atoms with Gasteiger partial charge in [-0.1, -0.05) is 12.1 Å². The van der Waals surface area contributed by atoms with Crippen molar-refractivity contribution < 1.29 is 19.9 Å². The van der Waals surface area contributed by atoms with Crippen LogP contribution in [0.4, 0.5) is 5.69 Å². The minimum absolute atomic E-state index is 0.109. The standard InChI is InChI=1S/C9H10N2O5/c10-7(9(13)14)8(12)5-3-1-2-4-6(5)11(15)16/h1-4,7-8,12H,10H2,(H,13,14)/t7-,8+/m0/s1. The molecule has 2 atom stereocenters. The summed E-state index contributed by atoms with van der Waals surface area (Å²) in [5.74, 6) is -1.43. The maximum Gasteiger partial charge on any atom is 0.323 e. The van der Waals surface area contributed by atoms with Crippen molar-refractivity contribution in [2.45, 2.75) is 12.1 Å². The predicted molar refractivity (Wildman–Crippen MR) is 53.7 cm³/mol. The molecule has 7 nitrogen and oxygen atoms in total. The molecule has 0 unspecified atom stereocenters. The molecule has 0 spiro atoms. The average Bonchev–Trinajstić information content (AvgIpc) is 2.26. The number of carbonyl (C=O) groups is 1. The van der Waals surface area contributed by atoms with Gasteiger partial charge in [0.15, 0.2) is 0 Å². The van der Waals surface area contributed by atoms with Gasteiger partial charge >= 0.3 is 5.97 Å². The third-order valence-corrected chi connectivity index (χ3v) is 2.08. The lowest BCUT2D eigenvalue weighted by atomic mass is 10.0. The van der Waals surface area contributed by atoms with Crippen LogP contribution in [0.2, 0.25) is 0 Å². The average molecular weight is 226 g/mol. The fourth-order valence-corrected chi connectivity index (χ4v) is 1.23. The summed E-state index contributed by atoms with van der Waals surface area (Å²) in [6.07, 6.45) is -1.61. The Balaban J connectivity index is 3.12. The van der Waals surface area contributed by atoms with E-state index in [0.717, 1.165) is 0 Å². The van der Waals surface area contributed by atoms with Crippen LogP contribution in [0.5, 0.6) is 0 Å². The highest BCUT2D eigenvalue weighted by Gasteiger charge is 2.28. The quantitative estimate of drug-likeness (QED) is 0.491. The molecule has 0 heterocycles. The second kappa shape index (κ2) is 4.69. The van der Waals surface area contributed by atoms with Crippen molar-refractivity contribution >= 4 is 11.7 Å². The molecule has 4 N–H and O–H groups in total. The molecular weight excluding hydrogens is 216 g/mol. The fraction of sp³-hybridized carbons (Fsp3) is 0.222. The maximum absolute atomic E-state index is 10.6. The van der Waals surface area contributed by atoms with Crippen LogP contribution < -0.4 is 5.73 Å². The number of nitrogens with two attached hydrogens (primary N) is 1. The maximum atomic E-state index is 10.6. The highest BCUT2D eigenvalue weighted by atomic mass is 16.6. The molecule has 86 valence electrons. The van der Waals surface area contributed by atoms with E-state index >= 15 is 0 Å². The van der Waals surface area contributed by atoms with Crippen LogP contribution in [0.15, 0.2) is 24.3 Å². The third kappa shape index (κ3) is 2.33. The summed E-state index contributed by atoms with van der Waals surface area (Å²) < 4.78 is 0. The lowest BCUT2D eigenvalue weighted by Gasteiger charge is -2.14. The van der Waals surface area contributed by atoms with E-state index in [1.165, 1.54) is 24.3 Å². The van der Waals surface area contributed by atoms with E-state index in [1.807, 2.05) is 0 Å². The number of nitro benzene ring substituents is 1. The Bertz CT molecular complexity index is 420. The summed E-state index contributed by atoms with van der Waals surface area (Å²) in [5, 5.41) is 28.8. The first kappa shape index (κ1) is 12.1. The van der Waals surface area contributed by atoms with Crippen LogP contribution in [-0.4, -0.2) is 27.1 Å². The summed E-state index contributed by atoms with van der Waals surface area (Å²) >= 11 is 0. The van der Waals surface area contributed by atoms with Crippen LogP contribution in [0.25, 0.3) is 0 Å². The van der Waals surface area contributed by atoms with Crippen LogP contribution in [0, 0.1) is 10.1 Å². The smallest absolute Gasteiger partial charge is 0.323 e. The SMILES string of the molecule is N[C@H](C(=O)O)[C@H](O)c1ccccc1[N+](=O)[O-]. The van der Waals surface area contributed by atoms with Crippen molar-refractivity contribution in [3.63, 3.8) is 0 Å². The molecule has 1 aromatic carbocycles. The number of hydrogen-bond acceptors (Lipinski definition) is 5.